The molecule has 1 aliphatic rings. The van der Waals surface area contributed by atoms with Crippen molar-refractivity contribution < 1.29 is 18.1 Å². The van der Waals surface area contributed by atoms with Crippen molar-refractivity contribution in [1.82, 2.24) is 5.32 Å². The molecule has 0 aromatic heterocycles. The molecule has 0 heterocycles. The molecule has 2 aromatic rings. The van der Waals surface area contributed by atoms with Crippen LogP contribution in [0.25, 0.3) is 0 Å². The number of hydrogen-bond acceptors (Lipinski definition) is 5. The number of benzene rings is 2. The fraction of sp³-hybridized carbons (Fsp3) is 0.381. The Morgan fingerprint density at radius 2 is 1.83 bits per heavy atom. The van der Waals surface area contributed by atoms with Crippen LogP contribution in [0.4, 0.5) is 11.4 Å². The van der Waals surface area contributed by atoms with E-state index in [0.29, 0.717) is 17.0 Å². The summed E-state index contributed by atoms with van der Waals surface area (Å²) in [6.45, 7) is 3.72. The first-order chi connectivity index (χ1) is 14.2. The minimum Gasteiger partial charge on any atom is -0.349 e. The SMILES string of the molecule is Cc1ccc(S(=O)(=O)Nc2ccc(C(=O)NC3CCCC(C)C3)cc2)cc1[N+](=O)[O-]. The van der Waals surface area contributed by atoms with Crippen molar-refractivity contribution in [1.29, 1.82) is 0 Å². The average Bonchev–Trinajstić information content (AvgIpc) is 2.68. The lowest BCUT2D eigenvalue weighted by atomic mass is 9.87. The van der Waals surface area contributed by atoms with Crippen molar-refractivity contribution in [2.45, 2.75) is 50.5 Å². The zero-order valence-corrected chi connectivity index (χ0v) is 17.7. The average molecular weight is 432 g/mol. The Kier molecular flexibility index (Phi) is 6.40. The van der Waals surface area contributed by atoms with E-state index in [1.54, 1.807) is 19.1 Å². The summed E-state index contributed by atoms with van der Waals surface area (Å²) in [6, 6.07) is 10.0. The molecule has 8 nitrogen and oxygen atoms in total. The summed E-state index contributed by atoms with van der Waals surface area (Å²) in [6.07, 6.45) is 4.22. The standard InChI is InChI=1S/C21H25N3O5S/c1-14-4-3-5-18(12-14)22-21(25)16-7-9-17(10-8-16)23-30(28,29)19-11-6-15(2)20(13-19)24(26)27/h6-11,13-14,18,23H,3-5,12H2,1-2H3,(H,22,25). The first kappa shape index (κ1) is 21.8. The summed E-state index contributed by atoms with van der Waals surface area (Å²) < 4.78 is 27.6. The number of carbonyl (C=O) groups is 1. The molecule has 0 radical (unpaired) electrons. The maximum absolute atomic E-state index is 12.6. The Morgan fingerprint density at radius 3 is 2.47 bits per heavy atom. The first-order valence-electron chi connectivity index (χ1n) is 9.84. The number of aryl methyl sites for hydroxylation is 1. The third kappa shape index (κ3) is 5.15. The zero-order valence-electron chi connectivity index (χ0n) is 16.9. The lowest BCUT2D eigenvalue weighted by molar-refractivity contribution is -0.385. The van der Waals surface area contributed by atoms with Crippen molar-refractivity contribution >= 4 is 27.3 Å². The van der Waals surface area contributed by atoms with E-state index < -0.39 is 14.9 Å². The molecule has 2 aromatic carbocycles. The lowest BCUT2D eigenvalue weighted by Gasteiger charge is -2.27. The molecular formula is C21H25N3O5S. The van der Waals surface area contributed by atoms with Gasteiger partial charge in [0.2, 0.25) is 0 Å². The predicted octanol–water partition coefficient (Wildman–Crippen LogP) is 4.01. The van der Waals surface area contributed by atoms with E-state index in [9.17, 15) is 23.3 Å². The van der Waals surface area contributed by atoms with Crippen molar-refractivity contribution in [3.05, 3.63) is 63.7 Å². The van der Waals surface area contributed by atoms with E-state index in [2.05, 4.69) is 17.0 Å². The fourth-order valence-corrected chi connectivity index (χ4v) is 4.77. The molecule has 2 atom stereocenters. The summed E-state index contributed by atoms with van der Waals surface area (Å²) in [5.41, 5.74) is 0.826. The minimum absolute atomic E-state index is 0.164. The molecule has 3 rings (SSSR count). The van der Waals surface area contributed by atoms with E-state index >= 15 is 0 Å². The van der Waals surface area contributed by atoms with Gasteiger partial charge < -0.3 is 5.32 Å². The molecule has 160 valence electrons. The van der Waals surface area contributed by atoms with Gasteiger partial charge in [-0.1, -0.05) is 25.8 Å². The molecule has 0 saturated heterocycles. The maximum Gasteiger partial charge on any atom is 0.273 e. The summed E-state index contributed by atoms with van der Waals surface area (Å²) in [5, 5.41) is 14.1. The van der Waals surface area contributed by atoms with E-state index in [-0.39, 0.29) is 28.2 Å². The second-order valence-electron chi connectivity index (χ2n) is 7.83. The number of nitro benzene ring substituents is 1. The molecule has 0 aliphatic heterocycles. The number of anilines is 1. The van der Waals surface area contributed by atoms with Gasteiger partial charge in [0.15, 0.2) is 0 Å². The van der Waals surface area contributed by atoms with E-state index in [1.807, 2.05) is 0 Å². The molecule has 1 amide bonds. The van der Waals surface area contributed by atoms with Crippen molar-refractivity contribution in [3.8, 4) is 0 Å². The highest BCUT2D eigenvalue weighted by atomic mass is 32.2. The van der Waals surface area contributed by atoms with Gasteiger partial charge in [-0.15, -0.1) is 0 Å². The predicted molar refractivity (Wildman–Crippen MR) is 114 cm³/mol. The van der Waals surface area contributed by atoms with Crippen LogP contribution in [0.1, 0.15) is 48.5 Å². The number of amides is 1. The molecule has 1 saturated carbocycles. The van der Waals surface area contributed by atoms with Crippen LogP contribution in [-0.2, 0) is 10.0 Å². The highest BCUT2D eigenvalue weighted by Crippen LogP contribution is 2.25. The largest absolute Gasteiger partial charge is 0.349 e. The van der Waals surface area contributed by atoms with Gasteiger partial charge in [0.25, 0.3) is 21.6 Å². The summed E-state index contributed by atoms with van der Waals surface area (Å²) in [7, 11) is -4.00. The van der Waals surface area contributed by atoms with Gasteiger partial charge in [-0.3, -0.25) is 19.6 Å². The van der Waals surface area contributed by atoms with E-state index in [1.165, 1.54) is 30.7 Å². The number of hydrogen-bond donors (Lipinski definition) is 2. The van der Waals surface area contributed by atoms with E-state index in [0.717, 1.165) is 25.3 Å². The van der Waals surface area contributed by atoms with Crippen LogP contribution >= 0.6 is 0 Å². The second-order valence-corrected chi connectivity index (χ2v) is 9.51. The first-order valence-corrected chi connectivity index (χ1v) is 11.3. The van der Waals surface area contributed by atoms with Crippen LogP contribution in [0.2, 0.25) is 0 Å². The summed E-state index contributed by atoms with van der Waals surface area (Å²) in [4.78, 5) is 22.7. The third-order valence-electron chi connectivity index (χ3n) is 5.36. The molecule has 30 heavy (non-hydrogen) atoms. The molecule has 0 bridgehead atoms. The smallest absolute Gasteiger partial charge is 0.273 e. The van der Waals surface area contributed by atoms with Gasteiger partial charge in [-0.05, 0) is 56.0 Å². The van der Waals surface area contributed by atoms with Gasteiger partial charge >= 0.3 is 0 Å². The van der Waals surface area contributed by atoms with Crippen molar-refractivity contribution in [3.63, 3.8) is 0 Å². The Morgan fingerprint density at radius 1 is 1.13 bits per heavy atom. The van der Waals surface area contributed by atoms with Gasteiger partial charge in [0.1, 0.15) is 0 Å². The quantitative estimate of drug-likeness (QED) is 0.529. The molecule has 2 unspecified atom stereocenters. The number of carbonyl (C=O) groups excluding carboxylic acids is 1. The molecule has 0 spiro atoms. The van der Waals surface area contributed by atoms with Crippen LogP contribution in [0, 0.1) is 23.0 Å². The van der Waals surface area contributed by atoms with Gasteiger partial charge in [0, 0.05) is 28.9 Å². The molecular weight excluding hydrogens is 406 g/mol. The highest BCUT2D eigenvalue weighted by molar-refractivity contribution is 7.92. The number of sulfonamides is 1. The Labute approximate surface area is 175 Å². The van der Waals surface area contributed by atoms with Crippen molar-refractivity contribution in [2.24, 2.45) is 5.92 Å². The lowest BCUT2D eigenvalue weighted by Crippen LogP contribution is -2.37. The Balaban J connectivity index is 1.69. The zero-order chi connectivity index (χ0) is 21.9. The topological polar surface area (TPSA) is 118 Å². The minimum atomic E-state index is -4.00. The van der Waals surface area contributed by atoms with Crippen LogP contribution in [-0.4, -0.2) is 25.3 Å². The molecule has 9 heteroatoms. The summed E-state index contributed by atoms with van der Waals surface area (Å²) >= 11 is 0. The van der Waals surface area contributed by atoms with Crippen molar-refractivity contribution in [2.75, 3.05) is 4.72 Å². The molecule has 1 fully saturated rings. The Hall–Kier alpha value is -2.94. The monoisotopic (exact) mass is 431 g/mol. The summed E-state index contributed by atoms with van der Waals surface area (Å²) in [5.74, 6) is 0.413. The van der Waals surface area contributed by atoms with Gasteiger partial charge in [-0.25, -0.2) is 8.42 Å². The number of nitrogens with zero attached hydrogens (tertiary/aromatic N) is 1. The van der Waals surface area contributed by atoms with Crippen LogP contribution in [0.15, 0.2) is 47.4 Å². The normalized spacial score (nSPS) is 19.1. The highest BCUT2D eigenvalue weighted by Gasteiger charge is 2.22. The van der Waals surface area contributed by atoms with Crippen LogP contribution < -0.4 is 10.0 Å². The number of nitrogens with one attached hydrogen (secondary N) is 2. The van der Waals surface area contributed by atoms with E-state index in [4.69, 9.17) is 0 Å². The third-order valence-corrected chi connectivity index (χ3v) is 6.74. The second kappa shape index (κ2) is 8.83. The van der Waals surface area contributed by atoms with Crippen LogP contribution in [0.5, 0.6) is 0 Å². The maximum atomic E-state index is 12.6. The fourth-order valence-electron chi connectivity index (χ4n) is 3.69. The Bertz CT molecular complexity index is 1050. The number of rotatable bonds is 6. The van der Waals surface area contributed by atoms with Crippen LogP contribution in [0.3, 0.4) is 0 Å². The number of nitro groups is 1. The molecule has 2 N–H and O–H groups in total. The van der Waals surface area contributed by atoms with Gasteiger partial charge in [0.05, 0.1) is 9.82 Å². The van der Waals surface area contributed by atoms with Gasteiger partial charge in [-0.2, -0.15) is 0 Å². The molecule has 1 aliphatic carbocycles.